The molecule has 1 rings (SSSR count). The van der Waals surface area contributed by atoms with E-state index < -0.39 is 18.4 Å². The molecule has 0 atom stereocenters. The highest BCUT2D eigenvalue weighted by molar-refractivity contribution is 5.84. The van der Waals surface area contributed by atoms with E-state index in [9.17, 15) is 22.8 Å². The lowest BCUT2D eigenvalue weighted by atomic mass is 10.1. The number of carbonyl (C=O) groups excluding carboxylic acids is 2. The molecule has 0 aliphatic rings. The molecule has 1 aromatic rings. The third kappa shape index (κ3) is 14.1. The predicted octanol–water partition coefficient (Wildman–Crippen LogP) is 6.56. The summed E-state index contributed by atoms with van der Waals surface area (Å²) in [6, 6.07) is 6.67. The number of hydrogen-bond donors (Lipinski definition) is 1. The Morgan fingerprint density at radius 3 is 2.03 bits per heavy atom. The van der Waals surface area contributed by atoms with Gasteiger partial charge < -0.3 is 10.1 Å². The van der Waals surface area contributed by atoms with Crippen molar-refractivity contribution < 1.29 is 27.5 Å². The van der Waals surface area contributed by atoms with Crippen LogP contribution in [0.3, 0.4) is 0 Å². The van der Waals surface area contributed by atoms with Gasteiger partial charge in [-0.2, -0.15) is 13.2 Å². The first-order valence-corrected chi connectivity index (χ1v) is 11.9. The van der Waals surface area contributed by atoms with Crippen LogP contribution in [0.4, 0.5) is 13.2 Å². The van der Waals surface area contributed by atoms with E-state index in [4.69, 9.17) is 4.74 Å². The minimum Gasteiger partial charge on any atom is -0.494 e. The summed E-state index contributed by atoms with van der Waals surface area (Å²) in [6.07, 6.45) is 7.00. The summed E-state index contributed by atoms with van der Waals surface area (Å²) in [4.78, 5) is 22.8. The number of amides is 1. The summed E-state index contributed by atoms with van der Waals surface area (Å²) >= 11 is 0. The molecule has 7 heteroatoms. The van der Waals surface area contributed by atoms with Gasteiger partial charge in [0.05, 0.1) is 6.61 Å². The van der Waals surface area contributed by atoms with Gasteiger partial charge in [-0.05, 0) is 37.0 Å². The summed E-state index contributed by atoms with van der Waals surface area (Å²) in [5, 5.41) is 2.90. The fraction of sp³-hybridized carbons (Fsp3) is 0.680. The zero-order chi connectivity index (χ0) is 23.7. The number of ketones is 1. The molecule has 0 saturated carbocycles. The molecule has 0 aliphatic carbocycles. The summed E-state index contributed by atoms with van der Waals surface area (Å²) in [7, 11) is 0. The van der Waals surface area contributed by atoms with Gasteiger partial charge in [-0.3, -0.25) is 9.59 Å². The molecule has 0 aliphatic heterocycles. The van der Waals surface area contributed by atoms with Crippen LogP contribution in [0, 0.1) is 0 Å². The molecular formula is C25H38F3NO3. The Hall–Kier alpha value is -2.05. The number of ether oxygens (including phenoxy) is 1. The normalized spacial score (nSPS) is 11.4. The van der Waals surface area contributed by atoms with E-state index in [0.717, 1.165) is 12.8 Å². The van der Waals surface area contributed by atoms with Crippen LogP contribution in [-0.4, -0.2) is 31.0 Å². The monoisotopic (exact) mass is 457 g/mol. The largest absolute Gasteiger partial charge is 0.494 e. The maximum atomic E-state index is 12.2. The third-order valence-corrected chi connectivity index (χ3v) is 5.30. The zero-order valence-corrected chi connectivity index (χ0v) is 19.3. The molecule has 0 radical (unpaired) electrons. The average molecular weight is 458 g/mol. The van der Waals surface area contributed by atoms with Crippen LogP contribution in [0.15, 0.2) is 24.3 Å². The molecule has 0 spiro atoms. The summed E-state index contributed by atoms with van der Waals surface area (Å²) < 4.78 is 42.3. The maximum absolute atomic E-state index is 12.2. The van der Waals surface area contributed by atoms with Crippen molar-refractivity contribution in [1.82, 2.24) is 5.32 Å². The predicted molar refractivity (Wildman–Crippen MR) is 121 cm³/mol. The first-order valence-electron chi connectivity index (χ1n) is 11.9. The third-order valence-electron chi connectivity index (χ3n) is 5.30. The second kappa shape index (κ2) is 16.6. The average Bonchev–Trinajstić information content (AvgIpc) is 2.76. The quantitative estimate of drug-likeness (QED) is 0.254. The zero-order valence-electron chi connectivity index (χ0n) is 19.3. The Bertz CT molecular complexity index is 645. The van der Waals surface area contributed by atoms with Crippen LogP contribution in [0.25, 0.3) is 0 Å². The number of halogens is 3. The van der Waals surface area contributed by atoms with E-state index in [2.05, 4.69) is 12.2 Å². The van der Waals surface area contributed by atoms with Gasteiger partial charge in [-0.1, -0.05) is 70.4 Å². The van der Waals surface area contributed by atoms with Crippen molar-refractivity contribution in [2.45, 2.75) is 96.6 Å². The molecule has 0 fully saturated rings. The summed E-state index contributed by atoms with van der Waals surface area (Å²) in [6.45, 7) is 3.21. The number of nitrogens with one attached hydrogen (secondary N) is 1. The van der Waals surface area contributed by atoms with Gasteiger partial charge in [0.1, 0.15) is 5.75 Å². The van der Waals surface area contributed by atoms with Crippen LogP contribution in [0.1, 0.15) is 89.5 Å². The van der Waals surface area contributed by atoms with E-state index in [0.29, 0.717) is 37.3 Å². The van der Waals surface area contributed by atoms with E-state index in [-0.39, 0.29) is 12.3 Å². The van der Waals surface area contributed by atoms with Crippen molar-refractivity contribution >= 4 is 11.7 Å². The SMILES string of the molecule is CCCCCCCCCCCC(=O)NCCCOc1ccc(CCC(=O)C(F)(F)F)cc1. The summed E-state index contributed by atoms with van der Waals surface area (Å²) in [5.41, 5.74) is 0.652. The van der Waals surface area contributed by atoms with Crippen LogP contribution >= 0.6 is 0 Å². The lowest BCUT2D eigenvalue weighted by Crippen LogP contribution is -2.25. The fourth-order valence-corrected chi connectivity index (χ4v) is 3.33. The molecule has 0 aromatic heterocycles. The van der Waals surface area contributed by atoms with E-state index in [1.54, 1.807) is 24.3 Å². The molecule has 0 heterocycles. The minimum absolute atomic E-state index is 0.0453. The van der Waals surface area contributed by atoms with Crippen molar-refractivity contribution in [2.75, 3.05) is 13.2 Å². The first kappa shape index (κ1) is 28.0. The standard InChI is InChI=1S/C25H38F3NO3/c1-2-3-4-5-6-7-8-9-10-12-24(31)29-19-11-20-32-22-16-13-21(14-17-22)15-18-23(30)25(26,27)28/h13-14,16-17H,2-12,15,18-20H2,1H3,(H,29,31). The number of unbranched alkanes of at least 4 members (excludes halogenated alkanes) is 8. The minimum atomic E-state index is -4.77. The molecule has 0 saturated heterocycles. The second-order valence-corrected chi connectivity index (χ2v) is 8.20. The van der Waals surface area contributed by atoms with Gasteiger partial charge in [0.15, 0.2) is 0 Å². The Morgan fingerprint density at radius 2 is 1.44 bits per heavy atom. The first-order chi connectivity index (χ1) is 15.3. The van der Waals surface area contributed by atoms with E-state index in [1.807, 2.05) is 0 Å². The van der Waals surface area contributed by atoms with Gasteiger partial charge in [-0.15, -0.1) is 0 Å². The molecule has 1 amide bonds. The van der Waals surface area contributed by atoms with Crippen molar-refractivity contribution in [3.8, 4) is 5.75 Å². The number of Topliss-reactive ketones (excluding diaryl/α,β-unsaturated/α-hetero) is 1. The van der Waals surface area contributed by atoms with Crippen LogP contribution < -0.4 is 10.1 Å². The van der Waals surface area contributed by atoms with Crippen molar-refractivity contribution in [3.05, 3.63) is 29.8 Å². The summed E-state index contributed by atoms with van der Waals surface area (Å²) in [5.74, 6) is -1.03. The van der Waals surface area contributed by atoms with Gasteiger partial charge >= 0.3 is 6.18 Å². The molecule has 182 valence electrons. The molecule has 4 nitrogen and oxygen atoms in total. The van der Waals surface area contributed by atoms with Crippen LogP contribution in [0.5, 0.6) is 5.75 Å². The van der Waals surface area contributed by atoms with E-state index >= 15 is 0 Å². The van der Waals surface area contributed by atoms with Gasteiger partial charge in [0.25, 0.3) is 0 Å². The molecule has 1 N–H and O–H groups in total. The lowest BCUT2D eigenvalue weighted by Gasteiger charge is -2.09. The maximum Gasteiger partial charge on any atom is 0.449 e. The molecule has 0 bridgehead atoms. The topological polar surface area (TPSA) is 55.4 Å². The lowest BCUT2D eigenvalue weighted by molar-refractivity contribution is -0.171. The molecule has 32 heavy (non-hydrogen) atoms. The van der Waals surface area contributed by atoms with Crippen LogP contribution in [0.2, 0.25) is 0 Å². The van der Waals surface area contributed by atoms with Crippen molar-refractivity contribution in [3.63, 3.8) is 0 Å². The second-order valence-electron chi connectivity index (χ2n) is 8.20. The van der Waals surface area contributed by atoms with Gasteiger partial charge in [0, 0.05) is 19.4 Å². The number of hydrogen-bond acceptors (Lipinski definition) is 3. The Kier molecular flexibility index (Phi) is 14.5. The number of aryl methyl sites for hydroxylation is 1. The number of alkyl halides is 3. The number of carbonyl (C=O) groups is 2. The Morgan fingerprint density at radius 1 is 0.844 bits per heavy atom. The molecule has 1 aromatic carbocycles. The van der Waals surface area contributed by atoms with E-state index in [1.165, 1.54) is 44.9 Å². The fourth-order valence-electron chi connectivity index (χ4n) is 3.33. The number of benzene rings is 1. The Labute approximate surface area is 190 Å². The molecular weight excluding hydrogens is 419 g/mol. The van der Waals surface area contributed by atoms with Crippen LogP contribution in [-0.2, 0) is 16.0 Å². The smallest absolute Gasteiger partial charge is 0.449 e. The highest BCUT2D eigenvalue weighted by Crippen LogP contribution is 2.20. The number of rotatable bonds is 18. The highest BCUT2D eigenvalue weighted by Gasteiger charge is 2.37. The Balaban J connectivity index is 2.02. The van der Waals surface area contributed by atoms with Crippen molar-refractivity contribution in [1.29, 1.82) is 0 Å². The highest BCUT2D eigenvalue weighted by atomic mass is 19.4. The van der Waals surface area contributed by atoms with Crippen molar-refractivity contribution in [2.24, 2.45) is 0 Å². The molecule has 0 unspecified atom stereocenters. The van der Waals surface area contributed by atoms with Gasteiger partial charge in [-0.25, -0.2) is 0 Å². The van der Waals surface area contributed by atoms with Gasteiger partial charge in [0.2, 0.25) is 11.7 Å².